The highest BCUT2D eigenvalue weighted by atomic mass is 79.9. The van der Waals surface area contributed by atoms with Gasteiger partial charge in [-0.05, 0) is 78.0 Å². The van der Waals surface area contributed by atoms with Gasteiger partial charge in [0.15, 0.2) is 0 Å². The zero-order chi connectivity index (χ0) is 18.9. The number of hydrogen-bond donors (Lipinski definition) is 1. The Hall–Kier alpha value is -1.93. The molecule has 0 bridgehead atoms. The van der Waals surface area contributed by atoms with E-state index in [1.807, 2.05) is 24.3 Å². The van der Waals surface area contributed by atoms with Crippen LogP contribution in [0.5, 0.6) is 0 Å². The van der Waals surface area contributed by atoms with Crippen LogP contribution in [-0.4, -0.2) is 28.3 Å². The molecule has 8 heteroatoms. The number of rotatable bonds is 3. The fraction of sp³-hybridized carbons (Fsp3) is 0.167. The quantitative estimate of drug-likeness (QED) is 0.353. The van der Waals surface area contributed by atoms with Crippen molar-refractivity contribution in [1.29, 1.82) is 0 Å². The summed E-state index contributed by atoms with van der Waals surface area (Å²) < 4.78 is 13.7. The second kappa shape index (κ2) is 7.36. The standard InChI is InChI=1S/C18H15BrClN4OP/c1-4-5-11-6-7-12-14(22-11)8-9-15(16(12)26(2,3)25)23-17-13(19)10-21-18(20)24-17/h6-10H,1-3H3,(H,21,23,24). The largest absolute Gasteiger partial charge is 0.339 e. The smallest absolute Gasteiger partial charge is 0.224 e. The number of anilines is 2. The van der Waals surface area contributed by atoms with Gasteiger partial charge in [-0.1, -0.05) is 5.92 Å². The molecule has 0 atom stereocenters. The van der Waals surface area contributed by atoms with E-state index in [-0.39, 0.29) is 5.28 Å². The van der Waals surface area contributed by atoms with Crippen LogP contribution in [0.25, 0.3) is 10.9 Å². The third-order valence-corrected chi connectivity index (χ3v) is 5.92. The van der Waals surface area contributed by atoms with Gasteiger partial charge in [-0.3, -0.25) is 0 Å². The van der Waals surface area contributed by atoms with Crippen LogP contribution in [0.1, 0.15) is 12.6 Å². The van der Waals surface area contributed by atoms with E-state index >= 15 is 0 Å². The second-order valence-corrected chi connectivity index (χ2v) is 10.3. The van der Waals surface area contributed by atoms with Gasteiger partial charge in [0.2, 0.25) is 5.28 Å². The number of fused-ring (bicyclic) bond motifs is 1. The van der Waals surface area contributed by atoms with E-state index in [1.54, 1.807) is 26.5 Å². The molecule has 0 radical (unpaired) electrons. The van der Waals surface area contributed by atoms with Crippen LogP contribution >= 0.6 is 34.7 Å². The molecule has 0 saturated carbocycles. The minimum Gasteiger partial charge on any atom is -0.339 e. The van der Waals surface area contributed by atoms with Gasteiger partial charge in [0, 0.05) is 16.9 Å². The van der Waals surface area contributed by atoms with Gasteiger partial charge in [-0.15, -0.1) is 0 Å². The average molecular weight is 450 g/mol. The van der Waals surface area contributed by atoms with Crippen LogP contribution in [0.15, 0.2) is 34.9 Å². The van der Waals surface area contributed by atoms with Gasteiger partial charge in [0.1, 0.15) is 18.7 Å². The summed E-state index contributed by atoms with van der Waals surface area (Å²) >= 11 is 9.29. The Balaban J connectivity index is 2.21. The summed E-state index contributed by atoms with van der Waals surface area (Å²) in [5, 5.41) is 4.86. The highest BCUT2D eigenvalue weighted by Crippen LogP contribution is 2.41. The van der Waals surface area contributed by atoms with Crippen LogP contribution < -0.4 is 10.6 Å². The van der Waals surface area contributed by atoms with Crippen molar-refractivity contribution in [2.45, 2.75) is 6.92 Å². The monoisotopic (exact) mass is 448 g/mol. The summed E-state index contributed by atoms with van der Waals surface area (Å²) in [6.45, 7) is 5.23. The van der Waals surface area contributed by atoms with Gasteiger partial charge < -0.3 is 9.88 Å². The molecule has 1 N–H and O–H groups in total. The molecule has 0 saturated heterocycles. The summed E-state index contributed by atoms with van der Waals surface area (Å²) in [6, 6.07) is 7.45. The van der Waals surface area contributed by atoms with Crippen LogP contribution in [0.2, 0.25) is 5.28 Å². The van der Waals surface area contributed by atoms with Crippen molar-refractivity contribution in [3.8, 4) is 11.8 Å². The fourth-order valence-corrected chi connectivity index (χ4v) is 4.53. The first-order valence-electron chi connectivity index (χ1n) is 7.66. The molecule has 26 heavy (non-hydrogen) atoms. The number of aromatic nitrogens is 3. The van der Waals surface area contributed by atoms with Crippen molar-refractivity contribution < 1.29 is 4.57 Å². The number of halogens is 2. The zero-order valence-corrected chi connectivity index (χ0v) is 17.6. The third kappa shape index (κ3) is 3.91. The number of hydrogen-bond acceptors (Lipinski definition) is 5. The highest BCUT2D eigenvalue weighted by Gasteiger charge is 2.21. The molecular weight excluding hydrogens is 435 g/mol. The molecule has 0 amide bonds. The first-order valence-corrected chi connectivity index (χ1v) is 11.4. The van der Waals surface area contributed by atoms with Crippen LogP contribution in [-0.2, 0) is 4.57 Å². The maximum Gasteiger partial charge on any atom is 0.224 e. The molecule has 5 nitrogen and oxygen atoms in total. The third-order valence-electron chi connectivity index (χ3n) is 3.60. The van der Waals surface area contributed by atoms with Crippen molar-refractivity contribution in [3.05, 3.63) is 45.9 Å². The lowest BCUT2D eigenvalue weighted by Crippen LogP contribution is -2.13. The molecule has 2 heterocycles. The lowest BCUT2D eigenvalue weighted by atomic mass is 10.1. The van der Waals surface area contributed by atoms with E-state index in [1.165, 1.54) is 0 Å². The minimum absolute atomic E-state index is 0.124. The number of nitrogens with zero attached hydrogens (tertiary/aromatic N) is 3. The molecule has 0 aliphatic rings. The van der Waals surface area contributed by atoms with Gasteiger partial charge >= 0.3 is 0 Å². The van der Waals surface area contributed by atoms with Crippen molar-refractivity contribution in [3.63, 3.8) is 0 Å². The van der Waals surface area contributed by atoms with Crippen LogP contribution in [0.4, 0.5) is 11.5 Å². The lowest BCUT2D eigenvalue weighted by Gasteiger charge is -2.18. The van der Waals surface area contributed by atoms with Gasteiger partial charge in [0.05, 0.1) is 15.7 Å². The van der Waals surface area contributed by atoms with Crippen LogP contribution in [0, 0.1) is 11.8 Å². The number of benzene rings is 1. The van der Waals surface area contributed by atoms with Crippen LogP contribution in [0.3, 0.4) is 0 Å². The maximum atomic E-state index is 13.0. The molecule has 3 rings (SSSR count). The zero-order valence-electron chi connectivity index (χ0n) is 14.3. The lowest BCUT2D eigenvalue weighted by molar-refractivity contribution is 0.588. The van der Waals surface area contributed by atoms with Gasteiger partial charge in [0.25, 0.3) is 0 Å². The summed E-state index contributed by atoms with van der Waals surface area (Å²) in [4.78, 5) is 12.6. The first kappa shape index (κ1) is 18.8. The highest BCUT2D eigenvalue weighted by molar-refractivity contribution is 9.10. The fourth-order valence-electron chi connectivity index (χ4n) is 2.63. The molecule has 0 aliphatic heterocycles. The predicted molar refractivity (Wildman–Crippen MR) is 111 cm³/mol. The topological polar surface area (TPSA) is 67.8 Å². The molecule has 0 fully saturated rings. The van der Waals surface area contributed by atoms with E-state index in [2.05, 4.69) is 48.0 Å². The summed E-state index contributed by atoms with van der Waals surface area (Å²) in [7, 11) is -2.63. The molecule has 3 aromatic rings. The van der Waals surface area contributed by atoms with E-state index in [0.29, 0.717) is 27.0 Å². The van der Waals surface area contributed by atoms with Crippen molar-refractivity contribution in [2.75, 3.05) is 18.6 Å². The van der Waals surface area contributed by atoms with Gasteiger partial charge in [-0.2, -0.15) is 4.98 Å². The van der Waals surface area contributed by atoms with E-state index < -0.39 is 7.14 Å². The molecule has 2 aromatic heterocycles. The molecule has 0 unspecified atom stereocenters. The average Bonchev–Trinajstić information content (AvgIpc) is 2.57. The second-order valence-electron chi connectivity index (χ2n) is 5.91. The summed E-state index contributed by atoms with van der Waals surface area (Å²) in [6.07, 6.45) is 1.56. The first-order chi connectivity index (χ1) is 12.3. The Morgan fingerprint density at radius 2 is 1.96 bits per heavy atom. The molecule has 0 aliphatic carbocycles. The summed E-state index contributed by atoms with van der Waals surface area (Å²) in [5.74, 6) is 6.28. The van der Waals surface area contributed by atoms with Gasteiger partial charge in [-0.25, -0.2) is 9.97 Å². The Morgan fingerprint density at radius 1 is 1.19 bits per heavy atom. The normalized spacial score (nSPS) is 11.1. The SMILES string of the molecule is CC#Cc1ccc2c(P(C)(C)=O)c(Nc3nc(Cl)ncc3Br)ccc2n1. The number of pyridine rings is 1. The number of nitrogens with one attached hydrogen (secondary N) is 1. The molecule has 132 valence electrons. The van der Waals surface area contributed by atoms with E-state index in [4.69, 9.17) is 11.6 Å². The Bertz CT molecular complexity index is 1120. The van der Waals surface area contributed by atoms with E-state index in [0.717, 1.165) is 10.9 Å². The van der Waals surface area contributed by atoms with Crippen molar-refractivity contribution in [2.24, 2.45) is 0 Å². The molecular formula is C18H15BrClN4OP. The van der Waals surface area contributed by atoms with Crippen molar-refractivity contribution >= 4 is 62.4 Å². The Kier molecular flexibility index (Phi) is 5.34. The van der Waals surface area contributed by atoms with E-state index in [9.17, 15) is 4.57 Å². The minimum atomic E-state index is -2.63. The maximum absolute atomic E-state index is 13.0. The molecule has 1 aromatic carbocycles. The Labute approximate surface area is 165 Å². The molecule has 0 spiro atoms. The predicted octanol–water partition coefficient (Wildman–Crippen LogP) is 4.80. The Morgan fingerprint density at radius 3 is 2.65 bits per heavy atom. The summed E-state index contributed by atoms with van der Waals surface area (Å²) in [5.41, 5.74) is 2.12. The van der Waals surface area contributed by atoms with Crippen molar-refractivity contribution in [1.82, 2.24) is 15.0 Å².